The van der Waals surface area contributed by atoms with Crippen molar-refractivity contribution in [3.63, 3.8) is 0 Å². The van der Waals surface area contributed by atoms with Crippen LogP contribution in [0.2, 0.25) is 5.02 Å². The predicted molar refractivity (Wildman–Crippen MR) is 76.7 cm³/mol. The Hall–Kier alpha value is -1.55. The number of benzene rings is 1. The van der Waals surface area contributed by atoms with E-state index >= 15 is 0 Å². The highest BCUT2D eigenvalue weighted by atomic mass is 35.5. The van der Waals surface area contributed by atoms with Gasteiger partial charge in [0, 0.05) is 17.6 Å². The number of carbonyl (C=O) groups is 2. The molecule has 0 aromatic heterocycles. The molecule has 5 heteroatoms. The summed E-state index contributed by atoms with van der Waals surface area (Å²) in [6, 6.07) is 7.26. The van der Waals surface area contributed by atoms with Crippen LogP contribution < -0.4 is 0 Å². The van der Waals surface area contributed by atoms with Gasteiger partial charge >= 0.3 is 5.97 Å². The Kier molecular flexibility index (Phi) is 4.65. The van der Waals surface area contributed by atoms with Crippen LogP contribution in [0.1, 0.15) is 25.3 Å². The largest absolute Gasteiger partial charge is 0.481 e. The number of halogens is 1. The molecule has 1 aliphatic heterocycles. The molecule has 0 aliphatic carbocycles. The second-order valence-corrected chi connectivity index (χ2v) is 5.75. The number of aliphatic carboxylic acids is 1. The van der Waals surface area contributed by atoms with Crippen LogP contribution in [0.4, 0.5) is 0 Å². The molecule has 0 saturated carbocycles. The van der Waals surface area contributed by atoms with Crippen LogP contribution in [0.25, 0.3) is 0 Å². The normalized spacial score (nSPS) is 22.6. The van der Waals surface area contributed by atoms with Crippen molar-refractivity contribution in [1.29, 1.82) is 0 Å². The molecule has 108 valence electrons. The Bertz CT molecular complexity index is 500. The monoisotopic (exact) mass is 295 g/mol. The van der Waals surface area contributed by atoms with E-state index in [4.69, 9.17) is 16.7 Å². The summed E-state index contributed by atoms with van der Waals surface area (Å²) in [4.78, 5) is 25.1. The Morgan fingerprint density at radius 3 is 2.55 bits per heavy atom. The standard InChI is InChI=1S/C15H18ClNO3/c1-10-2-5-12(15(19)20)9-17(10)14(18)8-11-3-6-13(16)7-4-11/h3-4,6-7,10,12H,2,5,8-9H2,1H3,(H,19,20)/t10-,12+/m0/s1. The number of amides is 1. The second-order valence-electron chi connectivity index (χ2n) is 5.31. The van der Waals surface area contributed by atoms with E-state index in [1.54, 1.807) is 17.0 Å². The third kappa shape index (κ3) is 3.51. The first kappa shape index (κ1) is 14.9. The molecule has 2 atom stereocenters. The molecule has 0 spiro atoms. The van der Waals surface area contributed by atoms with E-state index in [1.807, 2.05) is 19.1 Å². The molecule has 1 aromatic carbocycles. The zero-order valence-corrected chi connectivity index (χ0v) is 12.1. The van der Waals surface area contributed by atoms with Crippen molar-refractivity contribution in [2.75, 3.05) is 6.54 Å². The van der Waals surface area contributed by atoms with Crippen molar-refractivity contribution in [3.05, 3.63) is 34.9 Å². The molecule has 1 aromatic rings. The number of likely N-dealkylation sites (tertiary alicyclic amines) is 1. The number of carboxylic acid groups (broad SMARTS) is 1. The molecule has 1 N–H and O–H groups in total. The molecular weight excluding hydrogens is 278 g/mol. The summed E-state index contributed by atoms with van der Waals surface area (Å²) in [7, 11) is 0. The van der Waals surface area contributed by atoms with Gasteiger partial charge in [0.15, 0.2) is 0 Å². The van der Waals surface area contributed by atoms with Gasteiger partial charge in [0.2, 0.25) is 5.91 Å². The maximum atomic E-state index is 12.3. The molecule has 20 heavy (non-hydrogen) atoms. The van der Waals surface area contributed by atoms with Crippen LogP contribution in [-0.4, -0.2) is 34.5 Å². The third-order valence-corrected chi connectivity index (χ3v) is 4.07. The van der Waals surface area contributed by atoms with Gasteiger partial charge < -0.3 is 10.0 Å². The first-order chi connectivity index (χ1) is 9.47. The van der Waals surface area contributed by atoms with Gasteiger partial charge in [-0.2, -0.15) is 0 Å². The number of carboxylic acids is 1. The highest BCUT2D eigenvalue weighted by Crippen LogP contribution is 2.23. The third-order valence-electron chi connectivity index (χ3n) is 3.82. The minimum atomic E-state index is -0.818. The Labute approximate surface area is 123 Å². The highest BCUT2D eigenvalue weighted by molar-refractivity contribution is 6.30. The van der Waals surface area contributed by atoms with E-state index in [0.29, 0.717) is 18.0 Å². The van der Waals surface area contributed by atoms with E-state index in [2.05, 4.69) is 0 Å². The molecular formula is C15H18ClNO3. The molecule has 1 heterocycles. The SMILES string of the molecule is C[C@H]1CC[C@@H](C(=O)O)CN1C(=O)Cc1ccc(Cl)cc1. The smallest absolute Gasteiger partial charge is 0.308 e. The fourth-order valence-corrected chi connectivity index (χ4v) is 2.66. The lowest BCUT2D eigenvalue weighted by atomic mass is 9.93. The number of piperidine rings is 1. The summed E-state index contributed by atoms with van der Waals surface area (Å²) in [6.45, 7) is 2.28. The van der Waals surface area contributed by atoms with E-state index in [1.165, 1.54) is 0 Å². The van der Waals surface area contributed by atoms with E-state index in [-0.39, 0.29) is 18.4 Å². The van der Waals surface area contributed by atoms with E-state index in [9.17, 15) is 9.59 Å². The lowest BCUT2D eigenvalue weighted by Crippen LogP contribution is -2.47. The number of nitrogens with zero attached hydrogens (tertiary/aromatic N) is 1. The topological polar surface area (TPSA) is 57.6 Å². The van der Waals surface area contributed by atoms with Crippen molar-refractivity contribution in [1.82, 2.24) is 4.90 Å². The molecule has 1 fully saturated rings. The van der Waals surface area contributed by atoms with Gasteiger partial charge in [0.25, 0.3) is 0 Å². The fraction of sp³-hybridized carbons (Fsp3) is 0.467. The first-order valence-corrected chi connectivity index (χ1v) is 7.12. The molecule has 0 unspecified atom stereocenters. The highest BCUT2D eigenvalue weighted by Gasteiger charge is 2.32. The van der Waals surface area contributed by atoms with Gasteiger partial charge in [-0.05, 0) is 37.5 Å². The molecule has 0 bridgehead atoms. The predicted octanol–water partition coefficient (Wildman–Crippen LogP) is 2.59. The number of rotatable bonds is 3. The lowest BCUT2D eigenvalue weighted by Gasteiger charge is -2.36. The number of carbonyl (C=O) groups excluding carboxylic acids is 1. The van der Waals surface area contributed by atoms with Crippen LogP contribution in [0.3, 0.4) is 0 Å². The maximum Gasteiger partial charge on any atom is 0.308 e. The zero-order valence-electron chi connectivity index (χ0n) is 11.4. The van der Waals surface area contributed by atoms with E-state index < -0.39 is 11.9 Å². The summed E-state index contributed by atoms with van der Waals surface area (Å²) in [5.74, 6) is -1.28. The van der Waals surface area contributed by atoms with Crippen LogP contribution >= 0.6 is 11.6 Å². The van der Waals surface area contributed by atoms with Crippen molar-refractivity contribution in [2.45, 2.75) is 32.2 Å². The summed E-state index contributed by atoms with van der Waals surface area (Å²) in [5, 5.41) is 9.73. The maximum absolute atomic E-state index is 12.3. The van der Waals surface area contributed by atoms with Crippen molar-refractivity contribution < 1.29 is 14.7 Å². The lowest BCUT2D eigenvalue weighted by molar-refractivity contribution is -0.146. The van der Waals surface area contributed by atoms with Gasteiger partial charge in [-0.25, -0.2) is 0 Å². The van der Waals surface area contributed by atoms with Gasteiger partial charge in [-0.1, -0.05) is 23.7 Å². The minimum Gasteiger partial charge on any atom is -0.481 e. The van der Waals surface area contributed by atoms with Crippen molar-refractivity contribution in [2.24, 2.45) is 5.92 Å². The average molecular weight is 296 g/mol. The molecule has 0 radical (unpaired) electrons. The molecule has 1 saturated heterocycles. The van der Waals surface area contributed by atoms with Crippen LogP contribution in [0.15, 0.2) is 24.3 Å². The first-order valence-electron chi connectivity index (χ1n) is 6.74. The van der Waals surface area contributed by atoms with Gasteiger partial charge in [-0.15, -0.1) is 0 Å². The molecule has 2 rings (SSSR count). The van der Waals surface area contributed by atoms with Crippen LogP contribution in [-0.2, 0) is 16.0 Å². The Morgan fingerprint density at radius 2 is 1.95 bits per heavy atom. The summed E-state index contributed by atoms with van der Waals surface area (Å²) in [6.07, 6.45) is 1.67. The quantitative estimate of drug-likeness (QED) is 0.932. The molecule has 1 aliphatic rings. The van der Waals surface area contributed by atoms with Gasteiger partial charge in [-0.3, -0.25) is 9.59 Å². The van der Waals surface area contributed by atoms with Gasteiger partial charge in [0.05, 0.1) is 12.3 Å². The summed E-state index contributed by atoms with van der Waals surface area (Å²) >= 11 is 5.81. The number of hydrogen-bond acceptors (Lipinski definition) is 2. The molecule has 4 nitrogen and oxygen atoms in total. The molecule has 1 amide bonds. The van der Waals surface area contributed by atoms with Crippen LogP contribution in [0.5, 0.6) is 0 Å². The Balaban J connectivity index is 2.03. The average Bonchev–Trinajstić information content (AvgIpc) is 2.41. The van der Waals surface area contributed by atoms with E-state index in [0.717, 1.165) is 12.0 Å². The Morgan fingerprint density at radius 1 is 1.30 bits per heavy atom. The fourth-order valence-electron chi connectivity index (χ4n) is 2.53. The van der Waals surface area contributed by atoms with Gasteiger partial charge in [0.1, 0.15) is 0 Å². The summed E-state index contributed by atoms with van der Waals surface area (Å²) < 4.78 is 0. The number of hydrogen-bond donors (Lipinski definition) is 1. The van der Waals surface area contributed by atoms with Crippen molar-refractivity contribution >= 4 is 23.5 Å². The minimum absolute atomic E-state index is 0.0224. The van der Waals surface area contributed by atoms with Crippen molar-refractivity contribution in [3.8, 4) is 0 Å². The second kappa shape index (κ2) is 6.27. The van der Waals surface area contributed by atoms with Crippen LogP contribution in [0, 0.1) is 5.92 Å². The zero-order chi connectivity index (χ0) is 14.7. The summed E-state index contributed by atoms with van der Waals surface area (Å²) in [5.41, 5.74) is 0.893.